The van der Waals surface area contributed by atoms with Gasteiger partial charge >= 0.3 is 0 Å². The molecule has 28 heavy (non-hydrogen) atoms. The smallest absolute Gasteiger partial charge is 0.191 e. The lowest BCUT2D eigenvalue weighted by atomic mass is 10.2. The van der Waals surface area contributed by atoms with E-state index >= 15 is 0 Å². The van der Waals surface area contributed by atoms with Gasteiger partial charge in [0.15, 0.2) is 11.0 Å². The number of hydrogen-bond donors (Lipinski definition) is 0. The number of ether oxygens (including phenoxy) is 1. The van der Waals surface area contributed by atoms with Gasteiger partial charge in [-0.3, -0.25) is 0 Å². The van der Waals surface area contributed by atoms with Crippen molar-refractivity contribution in [3.8, 4) is 27.7 Å². The predicted octanol–water partition coefficient (Wildman–Crippen LogP) is 5.56. The summed E-state index contributed by atoms with van der Waals surface area (Å²) in [6.45, 7) is 0. The Kier molecular flexibility index (Phi) is 5.66. The molecule has 2 aromatic heterocycles. The molecule has 5 nitrogen and oxygen atoms in total. The number of nitrogens with zero attached hydrogens (tertiary/aromatic N) is 4. The van der Waals surface area contributed by atoms with Gasteiger partial charge in [-0.05, 0) is 36.4 Å². The van der Waals surface area contributed by atoms with Gasteiger partial charge in [0.1, 0.15) is 10.8 Å². The van der Waals surface area contributed by atoms with Crippen LogP contribution in [-0.2, 0) is 12.8 Å². The highest BCUT2D eigenvalue weighted by molar-refractivity contribution is 7.98. The van der Waals surface area contributed by atoms with Crippen molar-refractivity contribution in [1.82, 2.24) is 19.7 Å². The molecule has 0 unspecified atom stereocenters. The Morgan fingerprint density at radius 2 is 1.89 bits per heavy atom. The molecule has 0 aliphatic rings. The van der Waals surface area contributed by atoms with Crippen molar-refractivity contribution in [3.05, 3.63) is 64.6 Å². The van der Waals surface area contributed by atoms with E-state index < -0.39 is 0 Å². The standard InChI is InChI=1S/C20H17ClN4OS2/c1-25-18(16-5-3-4-6-17(16)21)23-24-20(25)28-12-14-11-27-19(22-14)13-7-9-15(26-2)10-8-13/h3-11H,12H2,1-2H3. The minimum Gasteiger partial charge on any atom is -0.497 e. The molecule has 4 rings (SSSR count). The summed E-state index contributed by atoms with van der Waals surface area (Å²) in [7, 11) is 3.61. The summed E-state index contributed by atoms with van der Waals surface area (Å²) < 4.78 is 7.17. The van der Waals surface area contributed by atoms with Gasteiger partial charge < -0.3 is 9.30 Å². The largest absolute Gasteiger partial charge is 0.497 e. The second-order valence-corrected chi connectivity index (χ2v) is 8.21. The lowest BCUT2D eigenvalue weighted by Gasteiger charge is -2.04. The van der Waals surface area contributed by atoms with Crippen molar-refractivity contribution in [2.75, 3.05) is 7.11 Å². The third-order valence-electron chi connectivity index (χ3n) is 4.19. The van der Waals surface area contributed by atoms with E-state index in [0.29, 0.717) is 5.02 Å². The van der Waals surface area contributed by atoms with Crippen molar-refractivity contribution >= 4 is 34.7 Å². The van der Waals surface area contributed by atoms with E-state index in [0.717, 1.165) is 44.3 Å². The Morgan fingerprint density at radius 3 is 2.64 bits per heavy atom. The quantitative estimate of drug-likeness (QED) is 0.376. The zero-order valence-corrected chi connectivity index (χ0v) is 17.7. The number of hydrogen-bond acceptors (Lipinski definition) is 6. The molecule has 0 aliphatic heterocycles. The summed E-state index contributed by atoms with van der Waals surface area (Å²) in [6, 6.07) is 15.6. The number of thiazole rings is 1. The van der Waals surface area contributed by atoms with Gasteiger partial charge in [0.25, 0.3) is 0 Å². The summed E-state index contributed by atoms with van der Waals surface area (Å²) in [5.41, 5.74) is 2.98. The average Bonchev–Trinajstić information content (AvgIpc) is 3.34. The molecule has 2 aromatic carbocycles. The molecule has 0 amide bonds. The maximum absolute atomic E-state index is 6.29. The Labute approximate surface area is 176 Å². The summed E-state index contributed by atoms with van der Waals surface area (Å²) in [4.78, 5) is 4.74. The molecule has 0 radical (unpaired) electrons. The molecule has 0 saturated carbocycles. The van der Waals surface area contributed by atoms with Crippen molar-refractivity contribution in [3.63, 3.8) is 0 Å². The number of aromatic nitrogens is 4. The van der Waals surface area contributed by atoms with E-state index in [1.54, 1.807) is 30.2 Å². The first-order valence-electron chi connectivity index (χ1n) is 8.51. The SMILES string of the molecule is COc1ccc(-c2nc(CSc3nnc(-c4ccccc4Cl)n3C)cs2)cc1. The number of rotatable bonds is 6. The first kappa shape index (κ1) is 19.0. The van der Waals surface area contributed by atoms with Crippen LogP contribution >= 0.6 is 34.7 Å². The fourth-order valence-electron chi connectivity index (χ4n) is 2.70. The van der Waals surface area contributed by atoms with Crippen molar-refractivity contribution in [2.45, 2.75) is 10.9 Å². The van der Waals surface area contributed by atoms with Crippen LogP contribution in [0.3, 0.4) is 0 Å². The molecule has 0 fully saturated rings. The predicted molar refractivity (Wildman–Crippen MR) is 115 cm³/mol. The van der Waals surface area contributed by atoms with Gasteiger partial charge in [0.2, 0.25) is 0 Å². The summed E-state index contributed by atoms with van der Waals surface area (Å²) >= 11 is 9.53. The maximum Gasteiger partial charge on any atom is 0.191 e. The summed E-state index contributed by atoms with van der Waals surface area (Å²) in [5.74, 6) is 2.32. The van der Waals surface area contributed by atoms with Crippen LogP contribution in [0.2, 0.25) is 5.02 Å². The highest BCUT2D eigenvalue weighted by Gasteiger charge is 2.14. The van der Waals surface area contributed by atoms with Gasteiger partial charge in [-0.25, -0.2) is 4.98 Å². The monoisotopic (exact) mass is 428 g/mol. The van der Waals surface area contributed by atoms with Crippen LogP contribution < -0.4 is 4.74 Å². The Morgan fingerprint density at radius 1 is 1.11 bits per heavy atom. The highest BCUT2D eigenvalue weighted by Crippen LogP contribution is 2.31. The van der Waals surface area contributed by atoms with Crippen LogP contribution in [-0.4, -0.2) is 26.9 Å². The first-order chi connectivity index (χ1) is 13.7. The normalized spacial score (nSPS) is 11.0. The summed E-state index contributed by atoms with van der Waals surface area (Å²) in [6.07, 6.45) is 0. The Balaban J connectivity index is 1.47. The molecule has 0 atom stereocenters. The molecule has 8 heteroatoms. The molecular weight excluding hydrogens is 412 g/mol. The van der Waals surface area contributed by atoms with Crippen LogP contribution in [0.5, 0.6) is 5.75 Å². The second kappa shape index (κ2) is 8.34. The molecule has 4 aromatic rings. The molecular formula is C20H17ClN4OS2. The van der Waals surface area contributed by atoms with E-state index in [1.165, 1.54) is 0 Å². The first-order valence-corrected chi connectivity index (χ1v) is 10.8. The zero-order valence-electron chi connectivity index (χ0n) is 15.3. The maximum atomic E-state index is 6.29. The van der Waals surface area contributed by atoms with E-state index in [2.05, 4.69) is 15.6 Å². The molecule has 142 valence electrons. The van der Waals surface area contributed by atoms with E-state index in [1.807, 2.05) is 60.1 Å². The van der Waals surface area contributed by atoms with Crippen molar-refractivity contribution in [2.24, 2.45) is 7.05 Å². The second-order valence-electron chi connectivity index (χ2n) is 6.01. The van der Waals surface area contributed by atoms with Crippen molar-refractivity contribution in [1.29, 1.82) is 0 Å². The van der Waals surface area contributed by atoms with Gasteiger partial charge in [0.05, 0.1) is 17.8 Å². The number of halogens is 1. The van der Waals surface area contributed by atoms with Crippen LogP contribution in [0.1, 0.15) is 5.69 Å². The molecule has 0 bridgehead atoms. The fourth-order valence-corrected chi connectivity index (χ4v) is 4.65. The van der Waals surface area contributed by atoms with Crippen LogP contribution in [0.4, 0.5) is 0 Å². The Bertz CT molecular complexity index is 1090. The summed E-state index contributed by atoms with van der Waals surface area (Å²) in [5, 5.41) is 13.2. The van der Waals surface area contributed by atoms with Gasteiger partial charge in [0, 0.05) is 29.3 Å². The van der Waals surface area contributed by atoms with Gasteiger partial charge in [-0.2, -0.15) is 0 Å². The van der Waals surface area contributed by atoms with Crippen LogP contribution in [0.15, 0.2) is 59.1 Å². The average molecular weight is 429 g/mol. The molecule has 0 spiro atoms. The van der Waals surface area contributed by atoms with E-state index in [9.17, 15) is 0 Å². The van der Waals surface area contributed by atoms with E-state index in [4.69, 9.17) is 21.3 Å². The number of thioether (sulfide) groups is 1. The third kappa shape index (κ3) is 3.92. The number of benzene rings is 2. The zero-order chi connectivity index (χ0) is 19.5. The van der Waals surface area contributed by atoms with E-state index in [-0.39, 0.29) is 0 Å². The third-order valence-corrected chi connectivity index (χ3v) is 6.51. The number of methoxy groups -OCH3 is 1. The fraction of sp³-hybridized carbons (Fsp3) is 0.150. The van der Waals surface area contributed by atoms with Gasteiger partial charge in [-0.15, -0.1) is 21.5 Å². The topological polar surface area (TPSA) is 52.8 Å². The van der Waals surface area contributed by atoms with Gasteiger partial charge in [-0.1, -0.05) is 35.5 Å². The van der Waals surface area contributed by atoms with Crippen molar-refractivity contribution < 1.29 is 4.74 Å². The molecule has 0 saturated heterocycles. The molecule has 0 aliphatic carbocycles. The minimum absolute atomic E-state index is 0.665. The lowest BCUT2D eigenvalue weighted by molar-refractivity contribution is 0.415. The minimum atomic E-state index is 0.665. The Hall–Kier alpha value is -2.35. The molecule has 0 N–H and O–H groups in total. The molecule has 2 heterocycles. The highest BCUT2D eigenvalue weighted by atomic mass is 35.5. The lowest BCUT2D eigenvalue weighted by Crippen LogP contribution is -1.95. The van der Waals surface area contributed by atoms with Crippen LogP contribution in [0, 0.1) is 0 Å². The van der Waals surface area contributed by atoms with Crippen LogP contribution in [0.25, 0.3) is 22.0 Å².